The van der Waals surface area contributed by atoms with Crippen LogP contribution in [0.15, 0.2) is 71.4 Å². The van der Waals surface area contributed by atoms with E-state index in [1.807, 2.05) is 19.9 Å². The van der Waals surface area contributed by atoms with Crippen molar-refractivity contribution >= 4 is 29.0 Å². The first-order chi connectivity index (χ1) is 11.9. The van der Waals surface area contributed by atoms with Crippen LogP contribution in [0, 0.1) is 0 Å². The molecular weight excluding hydrogens is 338 g/mol. The fourth-order valence-electron chi connectivity index (χ4n) is 1.68. The van der Waals surface area contributed by atoms with Crippen LogP contribution in [0.5, 0.6) is 0 Å². The summed E-state index contributed by atoms with van der Waals surface area (Å²) in [7, 11) is 0. The molecule has 5 heteroatoms. The maximum Gasteiger partial charge on any atom is 0.338 e. The Morgan fingerprint density at radius 2 is 1.96 bits per heavy atom. The molecule has 0 spiro atoms. The fourth-order valence-corrected chi connectivity index (χ4v) is 1.74. The van der Waals surface area contributed by atoms with E-state index in [0.717, 1.165) is 5.57 Å². The van der Waals surface area contributed by atoms with E-state index in [9.17, 15) is 4.79 Å². The molecule has 0 unspecified atom stereocenters. The minimum absolute atomic E-state index is 0.319. The van der Waals surface area contributed by atoms with Gasteiger partial charge in [-0.25, -0.2) is 4.79 Å². The number of rotatable bonds is 8. The molecule has 1 aromatic rings. The number of benzene rings is 1. The number of halogens is 1. The number of oxime groups is 1. The zero-order valence-corrected chi connectivity index (χ0v) is 15.5. The van der Waals surface area contributed by atoms with E-state index < -0.39 is 0 Å². The third kappa shape index (κ3) is 6.81. The van der Waals surface area contributed by atoms with Crippen molar-refractivity contribution in [1.82, 2.24) is 0 Å². The average Bonchev–Trinajstić information content (AvgIpc) is 2.63. The summed E-state index contributed by atoms with van der Waals surface area (Å²) in [6.45, 7) is 13.2. The molecule has 0 aromatic heterocycles. The van der Waals surface area contributed by atoms with Crippen LogP contribution in [0.2, 0.25) is 0 Å². The smallest absolute Gasteiger partial charge is 0.338 e. The van der Waals surface area contributed by atoms with E-state index in [1.165, 1.54) is 0 Å². The fraction of sp³-hybridized carbons (Fsp3) is 0.200. The molecule has 0 N–H and O–H groups in total. The number of nitrogens with zero attached hydrogens (tertiary/aromatic N) is 1. The van der Waals surface area contributed by atoms with Crippen molar-refractivity contribution < 1.29 is 14.4 Å². The van der Waals surface area contributed by atoms with Gasteiger partial charge in [-0.15, -0.1) is 0 Å². The highest BCUT2D eigenvalue weighted by Gasteiger charge is 2.09. The largest absolute Gasteiger partial charge is 0.462 e. The summed E-state index contributed by atoms with van der Waals surface area (Å²) in [4.78, 5) is 17.1. The summed E-state index contributed by atoms with van der Waals surface area (Å²) >= 11 is 5.86. The Morgan fingerprint density at radius 3 is 2.60 bits per heavy atom. The van der Waals surface area contributed by atoms with Crippen molar-refractivity contribution in [3.8, 4) is 0 Å². The molecule has 0 amide bonds. The van der Waals surface area contributed by atoms with Gasteiger partial charge >= 0.3 is 5.97 Å². The lowest BCUT2D eigenvalue weighted by molar-refractivity contribution is 0.0526. The molecule has 4 nitrogen and oxygen atoms in total. The van der Waals surface area contributed by atoms with Crippen molar-refractivity contribution in [2.45, 2.75) is 20.8 Å². The molecule has 132 valence electrons. The Hall–Kier alpha value is -2.59. The van der Waals surface area contributed by atoms with Gasteiger partial charge in [-0.2, -0.15) is 0 Å². The van der Waals surface area contributed by atoms with Gasteiger partial charge in [-0.3, -0.25) is 0 Å². The number of allylic oxidation sites excluding steroid dienone is 5. The van der Waals surface area contributed by atoms with Crippen LogP contribution in [-0.2, 0) is 9.57 Å². The summed E-state index contributed by atoms with van der Waals surface area (Å²) in [5, 5.41) is 4.58. The molecule has 0 aliphatic carbocycles. The first kappa shape index (κ1) is 20.5. The lowest BCUT2D eigenvalue weighted by Gasteiger charge is -2.07. The quantitative estimate of drug-likeness (QED) is 0.203. The Balaban J connectivity index is 2.84. The van der Waals surface area contributed by atoms with Gasteiger partial charge in [0.05, 0.1) is 17.9 Å². The number of carbonyl (C=O) groups excluding carboxylic acids is 1. The van der Waals surface area contributed by atoms with Gasteiger partial charge in [0.1, 0.15) is 0 Å². The minimum Gasteiger partial charge on any atom is -0.462 e. The third-order valence-corrected chi connectivity index (χ3v) is 3.53. The molecule has 0 fully saturated rings. The van der Waals surface area contributed by atoms with Crippen LogP contribution in [0.4, 0.5) is 0 Å². The van der Waals surface area contributed by atoms with Crippen LogP contribution in [0.1, 0.15) is 36.7 Å². The first-order valence-corrected chi connectivity index (χ1v) is 8.11. The van der Waals surface area contributed by atoms with Gasteiger partial charge in [0.25, 0.3) is 0 Å². The first-order valence-electron chi connectivity index (χ1n) is 7.74. The SMILES string of the molecule is C=C\C(Cl)=C/C=C(C)/C(C)=N/OC(=C)c1cccc(C(=O)OCC)c1. The van der Waals surface area contributed by atoms with E-state index in [1.54, 1.807) is 43.3 Å². The molecule has 0 aliphatic heterocycles. The summed E-state index contributed by atoms with van der Waals surface area (Å²) in [6.07, 6.45) is 5.09. The monoisotopic (exact) mass is 359 g/mol. The average molecular weight is 360 g/mol. The molecule has 0 saturated heterocycles. The van der Waals surface area contributed by atoms with Crippen molar-refractivity contribution in [3.05, 3.63) is 77.4 Å². The highest BCUT2D eigenvalue weighted by Crippen LogP contribution is 2.17. The van der Waals surface area contributed by atoms with E-state index in [-0.39, 0.29) is 5.97 Å². The summed E-state index contributed by atoms with van der Waals surface area (Å²) in [5.41, 5.74) is 2.64. The Labute approximate surface area is 153 Å². The molecule has 0 atom stereocenters. The molecule has 0 bridgehead atoms. The van der Waals surface area contributed by atoms with Crippen molar-refractivity contribution in [3.63, 3.8) is 0 Å². The van der Waals surface area contributed by atoms with Crippen LogP contribution >= 0.6 is 11.6 Å². The Kier molecular flexibility index (Phi) is 8.44. The number of carbonyl (C=O) groups is 1. The molecule has 1 rings (SSSR count). The molecule has 0 aliphatic rings. The van der Waals surface area contributed by atoms with Gasteiger partial charge in [0.2, 0.25) is 0 Å². The second-order valence-electron chi connectivity index (χ2n) is 5.10. The van der Waals surface area contributed by atoms with Crippen molar-refractivity contribution in [2.75, 3.05) is 6.61 Å². The normalized spacial score (nSPS) is 12.6. The third-order valence-electron chi connectivity index (χ3n) is 3.25. The molecule has 0 radical (unpaired) electrons. The molecule has 25 heavy (non-hydrogen) atoms. The number of ether oxygens (including phenoxy) is 1. The van der Waals surface area contributed by atoms with Gasteiger partial charge in [-0.05, 0) is 44.6 Å². The minimum atomic E-state index is -0.388. The summed E-state index contributed by atoms with van der Waals surface area (Å²) in [6, 6.07) is 6.84. The molecular formula is C20H22ClNO3. The molecule has 0 saturated carbocycles. The van der Waals surface area contributed by atoms with Gasteiger partial charge in [-0.1, -0.05) is 54.2 Å². The van der Waals surface area contributed by atoms with E-state index in [4.69, 9.17) is 21.2 Å². The molecule has 0 heterocycles. The second kappa shape index (κ2) is 10.3. The van der Waals surface area contributed by atoms with E-state index >= 15 is 0 Å². The maximum absolute atomic E-state index is 11.8. The lowest BCUT2D eigenvalue weighted by atomic mass is 10.1. The summed E-state index contributed by atoms with van der Waals surface area (Å²) < 4.78 is 4.98. The lowest BCUT2D eigenvalue weighted by Crippen LogP contribution is -2.05. The second-order valence-corrected chi connectivity index (χ2v) is 5.53. The maximum atomic E-state index is 11.8. The highest BCUT2D eigenvalue weighted by molar-refractivity contribution is 6.31. The standard InChI is InChI=1S/C20H22ClNO3/c1-6-19(21)12-11-14(3)15(4)22-25-16(5)17-9-8-10-18(13-17)20(23)24-7-2/h6,8-13H,1,5,7H2,2-4H3/b14-11+,19-12+,22-15+. The van der Waals surface area contributed by atoms with Crippen LogP contribution in [0.3, 0.4) is 0 Å². The van der Waals surface area contributed by atoms with Crippen molar-refractivity contribution in [1.29, 1.82) is 0 Å². The van der Waals surface area contributed by atoms with Crippen LogP contribution in [-0.4, -0.2) is 18.3 Å². The van der Waals surface area contributed by atoms with Crippen LogP contribution in [0.25, 0.3) is 5.76 Å². The van der Waals surface area contributed by atoms with Crippen molar-refractivity contribution in [2.24, 2.45) is 5.16 Å². The predicted molar refractivity (Wildman–Crippen MR) is 104 cm³/mol. The van der Waals surface area contributed by atoms with E-state index in [2.05, 4.69) is 18.3 Å². The zero-order valence-electron chi connectivity index (χ0n) is 14.7. The number of hydrogen-bond acceptors (Lipinski definition) is 4. The zero-order chi connectivity index (χ0) is 18.8. The summed E-state index contributed by atoms with van der Waals surface area (Å²) in [5.74, 6) is -0.0561. The van der Waals surface area contributed by atoms with E-state index in [0.29, 0.717) is 34.2 Å². The van der Waals surface area contributed by atoms with Gasteiger partial charge < -0.3 is 9.57 Å². The topological polar surface area (TPSA) is 47.9 Å². The number of esters is 1. The van der Waals surface area contributed by atoms with Gasteiger partial charge in [0, 0.05) is 10.6 Å². The Morgan fingerprint density at radius 1 is 1.28 bits per heavy atom. The van der Waals surface area contributed by atoms with Crippen LogP contribution < -0.4 is 0 Å². The predicted octanol–water partition coefficient (Wildman–Crippen LogP) is 5.48. The van der Waals surface area contributed by atoms with Gasteiger partial charge in [0.15, 0.2) is 5.76 Å². The Bertz CT molecular complexity index is 745. The number of hydrogen-bond donors (Lipinski definition) is 0. The highest BCUT2D eigenvalue weighted by atomic mass is 35.5. The molecule has 1 aromatic carbocycles.